The summed E-state index contributed by atoms with van der Waals surface area (Å²) in [5.41, 5.74) is 7.39. The van der Waals surface area contributed by atoms with Crippen LogP contribution in [0.3, 0.4) is 0 Å². The molecule has 0 aliphatic carbocycles. The number of aromatic nitrogens is 3. The van der Waals surface area contributed by atoms with E-state index in [1.165, 1.54) is 11.3 Å². The SMILES string of the molecule is Cc1ccc(-c2csc(-c3cn[nH]c3N)n2)o1. The number of hydrogen-bond acceptors (Lipinski definition) is 5. The Bertz CT molecular complexity index is 652. The Hall–Kier alpha value is -2.08. The van der Waals surface area contributed by atoms with Crippen LogP contribution in [0.1, 0.15) is 5.76 Å². The van der Waals surface area contributed by atoms with Crippen LogP contribution in [0.4, 0.5) is 5.82 Å². The van der Waals surface area contributed by atoms with Gasteiger partial charge in [-0.2, -0.15) is 5.10 Å². The van der Waals surface area contributed by atoms with Crippen molar-refractivity contribution < 1.29 is 4.42 Å². The number of nitrogens with two attached hydrogens (primary N) is 1. The van der Waals surface area contributed by atoms with Crippen molar-refractivity contribution in [3.05, 3.63) is 29.5 Å². The molecule has 5 nitrogen and oxygen atoms in total. The number of nitrogens with one attached hydrogen (secondary N) is 1. The highest BCUT2D eigenvalue weighted by atomic mass is 32.1. The number of H-pyrrole nitrogens is 1. The van der Waals surface area contributed by atoms with Crippen molar-refractivity contribution in [2.75, 3.05) is 5.73 Å². The topological polar surface area (TPSA) is 80.7 Å². The molecule has 0 aromatic carbocycles. The van der Waals surface area contributed by atoms with Crippen molar-refractivity contribution in [1.82, 2.24) is 15.2 Å². The van der Waals surface area contributed by atoms with Gasteiger partial charge in [-0.05, 0) is 19.1 Å². The molecule has 3 N–H and O–H groups in total. The van der Waals surface area contributed by atoms with E-state index >= 15 is 0 Å². The summed E-state index contributed by atoms with van der Waals surface area (Å²) in [5.74, 6) is 2.17. The summed E-state index contributed by atoms with van der Waals surface area (Å²) >= 11 is 1.51. The molecule has 0 spiro atoms. The van der Waals surface area contributed by atoms with Gasteiger partial charge in [-0.15, -0.1) is 11.3 Å². The zero-order valence-electron chi connectivity index (χ0n) is 9.10. The second kappa shape index (κ2) is 3.74. The fourth-order valence-corrected chi connectivity index (χ4v) is 2.38. The van der Waals surface area contributed by atoms with Gasteiger partial charge in [0.15, 0.2) is 5.76 Å². The highest BCUT2D eigenvalue weighted by Crippen LogP contribution is 2.31. The first-order valence-electron chi connectivity index (χ1n) is 5.05. The zero-order chi connectivity index (χ0) is 11.8. The Balaban J connectivity index is 2.01. The van der Waals surface area contributed by atoms with Gasteiger partial charge in [0.05, 0.1) is 11.8 Å². The van der Waals surface area contributed by atoms with E-state index in [0.717, 1.165) is 27.8 Å². The van der Waals surface area contributed by atoms with E-state index in [4.69, 9.17) is 10.2 Å². The average Bonchev–Trinajstić information content (AvgIpc) is 2.97. The van der Waals surface area contributed by atoms with Crippen LogP contribution in [-0.2, 0) is 0 Å². The first kappa shape index (κ1) is 10.1. The van der Waals surface area contributed by atoms with Crippen molar-refractivity contribution >= 4 is 17.2 Å². The molecule has 0 amide bonds. The smallest absolute Gasteiger partial charge is 0.153 e. The number of anilines is 1. The lowest BCUT2D eigenvalue weighted by Crippen LogP contribution is -1.87. The molecule has 0 aliphatic heterocycles. The third-order valence-corrected chi connectivity index (χ3v) is 3.27. The molecule has 3 rings (SSSR count). The Morgan fingerprint density at radius 3 is 2.94 bits per heavy atom. The minimum Gasteiger partial charge on any atom is -0.460 e. The number of aromatic amines is 1. The molecule has 0 bridgehead atoms. The van der Waals surface area contributed by atoms with Crippen LogP contribution in [0.15, 0.2) is 28.1 Å². The van der Waals surface area contributed by atoms with Gasteiger partial charge in [-0.25, -0.2) is 4.98 Å². The molecular formula is C11H10N4OS. The van der Waals surface area contributed by atoms with Crippen molar-refractivity contribution in [2.24, 2.45) is 0 Å². The summed E-state index contributed by atoms with van der Waals surface area (Å²) in [4.78, 5) is 4.48. The summed E-state index contributed by atoms with van der Waals surface area (Å²) in [6.07, 6.45) is 1.67. The zero-order valence-corrected chi connectivity index (χ0v) is 9.91. The summed E-state index contributed by atoms with van der Waals surface area (Å²) in [6.45, 7) is 1.91. The number of aryl methyl sites for hydroxylation is 1. The third kappa shape index (κ3) is 1.72. The van der Waals surface area contributed by atoms with Gasteiger partial charge in [0.1, 0.15) is 22.3 Å². The number of rotatable bonds is 2. The van der Waals surface area contributed by atoms with Crippen LogP contribution in [0.25, 0.3) is 22.0 Å². The molecule has 0 atom stereocenters. The lowest BCUT2D eigenvalue weighted by atomic mass is 10.3. The lowest BCUT2D eigenvalue weighted by molar-refractivity contribution is 0.547. The number of furan rings is 1. The molecule has 0 saturated heterocycles. The first-order chi connectivity index (χ1) is 8.24. The Labute approximate surface area is 101 Å². The van der Waals surface area contributed by atoms with Crippen molar-refractivity contribution in [1.29, 1.82) is 0 Å². The fourth-order valence-electron chi connectivity index (χ4n) is 1.55. The minimum atomic E-state index is 0.529. The maximum atomic E-state index is 5.75. The summed E-state index contributed by atoms with van der Waals surface area (Å²) in [7, 11) is 0. The first-order valence-corrected chi connectivity index (χ1v) is 5.93. The molecular weight excluding hydrogens is 236 g/mol. The minimum absolute atomic E-state index is 0.529. The second-order valence-corrected chi connectivity index (χ2v) is 4.50. The quantitative estimate of drug-likeness (QED) is 0.728. The van der Waals surface area contributed by atoms with Crippen LogP contribution in [0.5, 0.6) is 0 Å². The van der Waals surface area contributed by atoms with E-state index in [9.17, 15) is 0 Å². The molecule has 3 aromatic rings. The summed E-state index contributed by atoms with van der Waals surface area (Å²) in [5, 5.41) is 9.35. The van der Waals surface area contributed by atoms with Gasteiger partial charge in [0.25, 0.3) is 0 Å². The van der Waals surface area contributed by atoms with Crippen molar-refractivity contribution in [3.8, 4) is 22.0 Å². The van der Waals surface area contributed by atoms with Crippen LogP contribution in [-0.4, -0.2) is 15.2 Å². The van der Waals surface area contributed by atoms with E-state index in [0.29, 0.717) is 5.82 Å². The molecule has 0 unspecified atom stereocenters. The highest BCUT2D eigenvalue weighted by molar-refractivity contribution is 7.13. The molecule has 3 aromatic heterocycles. The Morgan fingerprint density at radius 2 is 2.29 bits per heavy atom. The van der Waals surface area contributed by atoms with Crippen LogP contribution in [0, 0.1) is 6.92 Å². The van der Waals surface area contributed by atoms with Gasteiger partial charge in [0.2, 0.25) is 0 Å². The molecule has 0 fully saturated rings. The van der Waals surface area contributed by atoms with Crippen molar-refractivity contribution in [3.63, 3.8) is 0 Å². The number of hydrogen-bond donors (Lipinski definition) is 2. The molecule has 17 heavy (non-hydrogen) atoms. The lowest BCUT2D eigenvalue weighted by Gasteiger charge is -1.91. The number of nitrogens with zero attached hydrogens (tertiary/aromatic N) is 2. The van der Waals surface area contributed by atoms with Gasteiger partial charge in [-0.3, -0.25) is 5.10 Å². The molecule has 0 aliphatic rings. The van der Waals surface area contributed by atoms with E-state index in [-0.39, 0.29) is 0 Å². The molecule has 6 heteroatoms. The molecule has 3 heterocycles. The number of thiazole rings is 1. The highest BCUT2D eigenvalue weighted by Gasteiger charge is 2.12. The predicted molar refractivity (Wildman–Crippen MR) is 66.5 cm³/mol. The molecule has 0 saturated carbocycles. The van der Waals surface area contributed by atoms with E-state index in [2.05, 4.69) is 15.2 Å². The van der Waals surface area contributed by atoms with Gasteiger partial charge < -0.3 is 10.2 Å². The molecule has 0 radical (unpaired) electrons. The Morgan fingerprint density at radius 1 is 1.41 bits per heavy atom. The van der Waals surface area contributed by atoms with Gasteiger partial charge in [0, 0.05) is 5.38 Å². The van der Waals surface area contributed by atoms with Gasteiger partial charge >= 0.3 is 0 Å². The average molecular weight is 246 g/mol. The fraction of sp³-hybridized carbons (Fsp3) is 0.0909. The summed E-state index contributed by atoms with van der Waals surface area (Å²) in [6, 6.07) is 3.83. The third-order valence-electron chi connectivity index (χ3n) is 2.40. The van der Waals surface area contributed by atoms with Crippen LogP contribution in [0.2, 0.25) is 0 Å². The monoisotopic (exact) mass is 246 g/mol. The maximum absolute atomic E-state index is 5.75. The number of nitrogen functional groups attached to an aromatic ring is 1. The largest absolute Gasteiger partial charge is 0.460 e. The standard InChI is InChI=1S/C11H10N4OS/c1-6-2-3-9(16-6)8-5-17-11(14-8)7-4-13-15-10(7)12/h2-5H,1H3,(H3,12,13,15). The second-order valence-electron chi connectivity index (χ2n) is 3.65. The summed E-state index contributed by atoms with van der Waals surface area (Å²) < 4.78 is 5.52. The van der Waals surface area contributed by atoms with E-state index in [1.807, 2.05) is 24.4 Å². The normalized spacial score (nSPS) is 10.9. The van der Waals surface area contributed by atoms with Crippen LogP contribution < -0.4 is 5.73 Å². The maximum Gasteiger partial charge on any atom is 0.153 e. The van der Waals surface area contributed by atoms with Crippen molar-refractivity contribution in [2.45, 2.75) is 6.92 Å². The Kier molecular flexibility index (Phi) is 2.22. The van der Waals surface area contributed by atoms with E-state index in [1.54, 1.807) is 6.20 Å². The van der Waals surface area contributed by atoms with Gasteiger partial charge in [-0.1, -0.05) is 0 Å². The molecule has 86 valence electrons. The van der Waals surface area contributed by atoms with E-state index < -0.39 is 0 Å². The van der Waals surface area contributed by atoms with Crippen LogP contribution >= 0.6 is 11.3 Å². The predicted octanol–water partition coefficient (Wildman–Crippen LogP) is 2.68.